The van der Waals surface area contributed by atoms with Crippen LogP contribution in [0.1, 0.15) is 30.1 Å². The third-order valence-electron chi connectivity index (χ3n) is 5.62. The van der Waals surface area contributed by atoms with Crippen LogP contribution in [-0.4, -0.2) is 50.3 Å². The Morgan fingerprint density at radius 2 is 1.79 bits per heavy atom. The fraction of sp³-hybridized carbons (Fsp3) is 0.455. The van der Waals surface area contributed by atoms with Crippen molar-refractivity contribution in [3.05, 3.63) is 48.2 Å². The number of para-hydroxylation sites is 2. The molecule has 0 unspecified atom stereocenters. The van der Waals surface area contributed by atoms with Gasteiger partial charge in [-0.1, -0.05) is 19.1 Å². The number of pyridine rings is 1. The minimum Gasteiger partial charge on any atom is -0.378 e. The number of nitrogens with zero attached hydrogens (tertiary/aromatic N) is 3. The van der Waals surface area contributed by atoms with Gasteiger partial charge in [0.15, 0.2) is 0 Å². The number of nitrogens with one attached hydrogen (secondary N) is 1. The van der Waals surface area contributed by atoms with E-state index < -0.39 is 0 Å². The SMILES string of the molecule is CC1CCN(c2ccc(C(=O)Nc3ccccc3N3CCOCC3)cn2)CC1. The van der Waals surface area contributed by atoms with E-state index >= 15 is 0 Å². The number of rotatable bonds is 4. The van der Waals surface area contributed by atoms with Crippen LogP contribution >= 0.6 is 0 Å². The molecule has 1 aromatic carbocycles. The Morgan fingerprint density at radius 3 is 2.50 bits per heavy atom. The van der Waals surface area contributed by atoms with Gasteiger partial charge in [0.05, 0.1) is 30.2 Å². The first-order chi connectivity index (χ1) is 13.7. The Labute approximate surface area is 166 Å². The number of amides is 1. The average Bonchev–Trinajstić information content (AvgIpc) is 2.75. The van der Waals surface area contributed by atoms with Gasteiger partial charge in [0.25, 0.3) is 5.91 Å². The van der Waals surface area contributed by atoms with Crippen molar-refractivity contribution >= 4 is 23.1 Å². The molecule has 0 saturated carbocycles. The number of hydrogen-bond acceptors (Lipinski definition) is 5. The summed E-state index contributed by atoms with van der Waals surface area (Å²) in [6.07, 6.45) is 4.07. The monoisotopic (exact) mass is 380 g/mol. The zero-order valence-electron chi connectivity index (χ0n) is 16.4. The molecule has 4 rings (SSSR count). The third kappa shape index (κ3) is 4.28. The highest BCUT2D eigenvalue weighted by Crippen LogP contribution is 2.27. The molecular formula is C22H28N4O2. The number of piperidine rings is 1. The quantitative estimate of drug-likeness (QED) is 0.881. The number of aromatic nitrogens is 1. The molecule has 2 fully saturated rings. The zero-order valence-corrected chi connectivity index (χ0v) is 16.4. The minimum absolute atomic E-state index is 0.132. The molecule has 3 heterocycles. The standard InChI is InChI=1S/C22H28N4O2/c1-17-8-10-26(11-9-17)21-7-6-18(16-23-21)22(27)24-19-4-2-3-5-20(19)25-12-14-28-15-13-25/h2-7,16-17H,8-15H2,1H3,(H,24,27). The second-order valence-corrected chi connectivity index (χ2v) is 7.65. The summed E-state index contributed by atoms with van der Waals surface area (Å²) in [5.74, 6) is 1.61. The van der Waals surface area contributed by atoms with Gasteiger partial charge >= 0.3 is 0 Å². The number of morpholine rings is 1. The molecule has 0 atom stereocenters. The molecule has 2 aliphatic heterocycles. The van der Waals surface area contributed by atoms with Crippen molar-refractivity contribution in [2.45, 2.75) is 19.8 Å². The molecule has 148 valence electrons. The van der Waals surface area contributed by atoms with Crippen molar-refractivity contribution in [2.75, 3.05) is 54.5 Å². The van der Waals surface area contributed by atoms with Crippen LogP contribution in [0.15, 0.2) is 42.6 Å². The molecule has 2 aliphatic rings. The first-order valence-electron chi connectivity index (χ1n) is 10.1. The van der Waals surface area contributed by atoms with Crippen LogP contribution in [0.2, 0.25) is 0 Å². The second-order valence-electron chi connectivity index (χ2n) is 7.65. The molecular weight excluding hydrogens is 352 g/mol. The van der Waals surface area contributed by atoms with Gasteiger partial charge in [-0.05, 0) is 43.0 Å². The van der Waals surface area contributed by atoms with Crippen LogP contribution in [0.4, 0.5) is 17.2 Å². The summed E-state index contributed by atoms with van der Waals surface area (Å²) in [5.41, 5.74) is 2.43. The lowest BCUT2D eigenvalue weighted by Crippen LogP contribution is -2.36. The maximum Gasteiger partial charge on any atom is 0.257 e. The van der Waals surface area contributed by atoms with Crippen molar-refractivity contribution in [2.24, 2.45) is 5.92 Å². The topological polar surface area (TPSA) is 57.7 Å². The highest BCUT2D eigenvalue weighted by Gasteiger charge is 2.19. The van der Waals surface area contributed by atoms with E-state index in [4.69, 9.17) is 4.74 Å². The lowest BCUT2D eigenvalue weighted by molar-refractivity contribution is 0.102. The third-order valence-corrected chi connectivity index (χ3v) is 5.62. The van der Waals surface area contributed by atoms with Gasteiger partial charge in [0.2, 0.25) is 0 Å². The lowest BCUT2D eigenvalue weighted by atomic mass is 9.99. The first kappa shape index (κ1) is 18.7. The molecule has 6 nitrogen and oxygen atoms in total. The predicted octanol–water partition coefficient (Wildman–Crippen LogP) is 3.41. The van der Waals surface area contributed by atoms with Crippen LogP contribution in [0.3, 0.4) is 0 Å². The van der Waals surface area contributed by atoms with Gasteiger partial charge in [-0.3, -0.25) is 4.79 Å². The Balaban J connectivity index is 1.44. The highest BCUT2D eigenvalue weighted by atomic mass is 16.5. The summed E-state index contributed by atoms with van der Waals surface area (Å²) in [4.78, 5) is 21.9. The van der Waals surface area contributed by atoms with Crippen LogP contribution in [0.5, 0.6) is 0 Å². The number of anilines is 3. The van der Waals surface area contributed by atoms with Crippen LogP contribution in [0, 0.1) is 5.92 Å². The van der Waals surface area contributed by atoms with Gasteiger partial charge in [-0.2, -0.15) is 0 Å². The summed E-state index contributed by atoms with van der Waals surface area (Å²) in [6.45, 7) is 7.45. The largest absolute Gasteiger partial charge is 0.378 e. The van der Waals surface area contributed by atoms with Crippen LogP contribution in [0.25, 0.3) is 0 Å². The molecule has 1 aromatic heterocycles. The van der Waals surface area contributed by atoms with Crippen molar-refractivity contribution in [3.8, 4) is 0 Å². The Morgan fingerprint density at radius 1 is 1.04 bits per heavy atom. The van der Waals surface area contributed by atoms with Gasteiger partial charge in [0, 0.05) is 32.4 Å². The van der Waals surface area contributed by atoms with E-state index in [1.54, 1.807) is 6.20 Å². The normalized spacial score (nSPS) is 18.2. The summed E-state index contributed by atoms with van der Waals surface area (Å²) in [6, 6.07) is 11.7. The van der Waals surface area contributed by atoms with Gasteiger partial charge in [-0.15, -0.1) is 0 Å². The molecule has 28 heavy (non-hydrogen) atoms. The van der Waals surface area contributed by atoms with Crippen molar-refractivity contribution in [1.82, 2.24) is 4.98 Å². The molecule has 2 saturated heterocycles. The van der Waals surface area contributed by atoms with Crippen molar-refractivity contribution in [1.29, 1.82) is 0 Å². The van der Waals surface area contributed by atoms with Gasteiger partial charge in [0.1, 0.15) is 5.82 Å². The smallest absolute Gasteiger partial charge is 0.257 e. The number of benzene rings is 1. The Kier molecular flexibility index (Phi) is 5.76. The van der Waals surface area contributed by atoms with E-state index in [2.05, 4.69) is 27.0 Å². The van der Waals surface area contributed by atoms with E-state index in [-0.39, 0.29) is 5.91 Å². The molecule has 0 spiro atoms. The van der Waals surface area contributed by atoms with E-state index in [9.17, 15) is 4.79 Å². The lowest BCUT2D eigenvalue weighted by Gasteiger charge is -2.31. The van der Waals surface area contributed by atoms with Gasteiger partial charge in [-0.25, -0.2) is 4.98 Å². The van der Waals surface area contributed by atoms with E-state index in [1.807, 2.05) is 36.4 Å². The number of ether oxygens (including phenoxy) is 1. The Bertz CT molecular complexity index is 794. The Hall–Kier alpha value is -2.60. The number of carbonyl (C=O) groups excluding carboxylic acids is 1. The molecule has 1 amide bonds. The fourth-order valence-corrected chi connectivity index (χ4v) is 3.80. The molecule has 0 radical (unpaired) electrons. The molecule has 0 bridgehead atoms. The molecule has 6 heteroatoms. The fourth-order valence-electron chi connectivity index (χ4n) is 3.80. The summed E-state index contributed by atoms with van der Waals surface area (Å²) >= 11 is 0. The number of hydrogen-bond donors (Lipinski definition) is 1. The maximum absolute atomic E-state index is 12.8. The molecule has 2 aromatic rings. The summed E-state index contributed by atoms with van der Waals surface area (Å²) in [5, 5.41) is 3.05. The van der Waals surface area contributed by atoms with Crippen molar-refractivity contribution < 1.29 is 9.53 Å². The van der Waals surface area contributed by atoms with E-state index in [0.29, 0.717) is 18.8 Å². The number of carbonyl (C=O) groups is 1. The van der Waals surface area contributed by atoms with Gasteiger partial charge < -0.3 is 19.9 Å². The maximum atomic E-state index is 12.8. The molecule has 0 aliphatic carbocycles. The van der Waals surface area contributed by atoms with E-state index in [0.717, 1.165) is 49.3 Å². The summed E-state index contributed by atoms with van der Waals surface area (Å²) in [7, 11) is 0. The predicted molar refractivity (Wildman–Crippen MR) is 112 cm³/mol. The highest BCUT2D eigenvalue weighted by molar-refractivity contribution is 6.05. The zero-order chi connectivity index (χ0) is 19.3. The van der Waals surface area contributed by atoms with E-state index in [1.165, 1.54) is 12.8 Å². The minimum atomic E-state index is -0.132. The van der Waals surface area contributed by atoms with Crippen LogP contribution < -0.4 is 15.1 Å². The van der Waals surface area contributed by atoms with Crippen LogP contribution in [-0.2, 0) is 4.74 Å². The average molecular weight is 380 g/mol. The molecule has 1 N–H and O–H groups in total. The van der Waals surface area contributed by atoms with Crippen molar-refractivity contribution in [3.63, 3.8) is 0 Å². The second kappa shape index (κ2) is 8.61. The first-order valence-corrected chi connectivity index (χ1v) is 10.1. The summed E-state index contributed by atoms with van der Waals surface area (Å²) < 4.78 is 5.44.